The Hall–Kier alpha value is -1.82. The Kier molecular flexibility index (Phi) is 4.44. The van der Waals surface area contributed by atoms with Crippen molar-refractivity contribution in [2.75, 3.05) is 12.8 Å². The molecule has 6 heteroatoms. The van der Waals surface area contributed by atoms with Crippen molar-refractivity contribution in [2.45, 2.75) is 37.9 Å². The molecule has 1 aliphatic carbocycles. The van der Waals surface area contributed by atoms with Crippen LogP contribution in [0.1, 0.15) is 36.0 Å². The van der Waals surface area contributed by atoms with Gasteiger partial charge in [-0.3, -0.25) is 0 Å². The molecule has 1 saturated carbocycles. The minimum Gasteiger partial charge on any atom is -0.489 e. The maximum Gasteiger partial charge on any atom is 0.341 e. The van der Waals surface area contributed by atoms with E-state index in [0.717, 1.165) is 25.3 Å². The van der Waals surface area contributed by atoms with Crippen molar-refractivity contribution < 1.29 is 23.8 Å². The average molecular weight is 283 g/mol. The Bertz CT molecular complexity index is 506. The number of carboxylic acid groups (broad SMARTS) is 1. The van der Waals surface area contributed by atoms with Gasteiger partial charge in [0.25, 0.3) is 0 Å². The summed E-state index contributed by atoms with van der Waals surface area (Å²) in [5, 5.41) is 9.15. The first kappa shape index (κ1) is 14.6. The molecule has 1 aliphatic rings. The Morgan fingerprint density at radius 2 is 2.10 bits per heavy atom. The molecule has 3 N–H and O–H groups in total. The van der Waals surface area contributed by atoms with Crippen LogP contribution in [-0.2, 0) is 4.74 Å². The normalized spacial score (nSPS) is 22.5. The second-order valence-electron chi connectivity index (χ2n) is 4.90. The molecule has 0 bridgehead atoms. The third-order valence-corrected chi connectivity index (χ3v) is 3.57. The van der Waals surface area contributed by atoms with Crippen LogP contribution in [0.15, 0.2) is 12.1 Å². The number of ether oxygens (including phenoxy) is 2. The minimum absolute atomic E-state index is 0.109. The average Bonchev–Trinajstić information content (AvgIpc) is 2.43. The van der Waals surface area contributed by atoms with Crippen LogP contribution in [0, 0.1) is 5.82 Å². The van der Waals surface area contributed by atoms with E-state index in [1.165, 1.54) is 6.07 Å². The standard InChI is InChI=1S/C14H18FNO4/c1-19-8-3-2-4-9(7-8)20-11-6-5-10(15)13(16)12(11)14(17)18/h5-6,8-9H,2-4,7,16H2,1H3,(H,17,18). The van der Waals surface area contributed by atoms with Crippen molar-refractivity contribution in [3.63, 3.8) is 0 Å². The van der Waals surface area contributed by atoms with E-state index in [0.29, 0.717) is 6.42 Å². The molecule has 2 unspecified atom stereocenters. The molecular weight excluding hydrogens is 265 g/mol. The van der Waals surface area contributed by atoms with Gasteiger partial charge in [0.05, 0.1) is 11.8 Å². The van der Waals surface area contributed by atoms with Crippen LogP contribution >= 0.6 is 0 Å². The Labute approximate surface area is 116 Å². The number of rotatable bonds is 4. The maximum atomic E-state index is 13.4. The summed E-state index contributed by atoms with van der Waals surface area (Å²) in [6, 6.07) is 2.43. The number of aromatic carboxylic acids is 1. The van der Waals surface area contributed by atoms with E-state index in [1.807, 2.05) is 0 Å². The summed E-state index contributed by atoms with van der Waals surface area (Å²) in [6.45, 7) is 0. The van der Waals surface area contributed by atoms with Crippen LogP contribution in [-0.4, -0.2) is 30.4 Å². The van der Waals surface area contributed by atoms with Crippen LogP contribution in [0.3, 0.4) is 0 Å². The fraction of sp³-hybridized carbons (Fsp3) is 0.500. The van der Waals surface area contributed by atoms with E-state index >= 15 is 0 Å². The van der Waals surface area contributed by atoms with E-state index in [2.05, 4.69) is 0 Å². The van der Waals surface area contributed by atoms with Gasteiger partial charge in [0.1, 0.15) is 23.2 Å². The lowest BCUT2D eigenvalue weighted by Crippen LogP contribution is -2.30. The fourth-order valence-electron chi connectivity index (χ4n) is 2.50. The number of hydrogen-bond donors (Lipinski definition) is 2. The van der Waals surface area contributed by atoms with Crippen LogP contribution in [0.5, 0.6) is 5.75 Å². The van der Waals surface area contributed by atoms with Crippen molar-refractivity contribution >= 4 is 11.7 Å². The molecule has 2 rings (SSSR count). The Balaban J connectivity index is 2.21. The number of nitrogens with two attached hydrogens (primary N) is 1. The first-order valence-electron chi connectivity index (χ1n) is 6.53. The lowest BCUT2D eigenvalue weighted by atomic mass is 9.95. The quantitative estimate of drug-likeness (QED) is 0.829. The highest BCUT2D eigenvalue weighted by Gasteiger charge is 2.26. The van der Waals surface area contributed by atoms with Gasteiger partial charge in [-0.05, 0) is 31.4 Å². The van der Waals surface area contributed by atoms with Gasteiger partial charge in [-0.25, -0.2) is 9.18 Å². The van der Waals surface area contributed by atoms with E-state index < -0.39 is 17.5 Å². The number of nitrogen functional groups attached to an aromatic ring is 1. The topological polar surface area (TPSA) is 81.8 Å². The highest BCUT2D eigenvalue weighted by molar-refractivity contribution is 5.96. The van der Waals surface area contributed by atoms with Crippen molar-refractivity contribution in [1.82, 2.24) is 0 Å². The predicted octanol–water partition coefficient (Wildman–Crippen LogP) is 2.44. The van der Waals surface area contributed by atoms with Gasteiger partial charge in [0.2, 0.25) is 0 Å². The molecule has 0 amide bonds. The SMILES string of the molecule is COC1CCCC(Oc2ccc(F)c(N)c2C(=O)O)C1. The summed E-state index contributed by atoms with van der Waals surface area (Å²) in [6.07, 6.45) is 3.38. The molecule has 5 nitrogen and oxygen atoms in total. The second kappa shape index (κ2) is 6.09. The first-order valence-corrected chi connectivity index (χ1v) is 6.53. The largest absolute Gasteiger partial charge is 0.489 e. The van der Waals surface area contributed by atoms with Gasteiger partial charge in [0.15, 0.2) is 0 Å². The molecule has 1 aromatic rings. The van der Waals surface area contributed by atoms with Crippen molar-refractivity contribution in [3.8, 4) is 5.75 Å². The number of carbonyl (C=O) groups is 1. The molecule has 0 radical (unpaired) electrons. The molecule has 1 aromatic carbocycles. The zero-order chi connectivity index (χ0) is 14.7. The van der Waals surface area contributed by atoms with E-state index in [9.17, 15) is 9.18 Å². The molecule has 1 fully saturated rings. The fourth-order valence-corrected chi connectivity index (χ4v) is 2.50. The highest BCUT2D eigenvalue weighted by Crippen LogP contribution is 2.31. The van der Waals surface area contributed by atoms with Crippen molar-refractivity contribution in [1.29, 1.82) is 0 Å². The zero-order valence-corrected chi connectivity index (χ0v) is 11.3. The van der Waals surface area contributed by atoms with Crippen molar-refractivity contribution in [2.24, 2.45) is 0 Å². The van der Waals surface area contributed by atoms with Gasteiger partial charge in [0, 0.05) is 13.5 Å². The molecule has 0 spiro atoms. The van der Waals surface area contributed by atoms with Crippen LogP contribution in [0.25, 0.3) is 0 Å². The minimum atomic E-state index is -1.30. The van der Waals surface area contributed by atoms with E-state index in [1.54, 1.807) is 7.11 Å². The van der Waals surface area contributed by atoms with Crippen LogP contribution in [0.4, 0.5) is 10.1 Å². The summed E-state index contributed by atoms with van der Waals surface area (Å²) in [7, 11) is 1.64. The van der Waals surface area contributed by atoms with Crippen LogP contribution in [0.2, 0.25) is 0 Å². The van der Waals surface area contributed by atoms with Gasteiger partial charge in [-0.2, -0.15) is 0 Å². The number of anilines is 1. The molecule has 0 aliphatic heterocycles. The zero-order valence-electron chi connectivity index (χ0n) is 11.3. The number of halogens is 1. The molecule has 0 saturated heterocycles. The molecule has 2 atom stereocenters. The molecular formula is C14H18FNO4. The van der Waals surface area contributed by atoms with Gasteiger partial charge in [-0.15, -0.1) is 0 Å². The summed E-state index contributed by atoms with van der Waals surface area (Å²) in [5.74, 6) is -1.94. The summed E-state index contributed by atoms with van der Waals surface area (Å²) >= 11 is 0. The van der Waals surface area contributed by atoms with Crippen LogP contribution < -0.4 is 10.5 Å². The summed E-state index contributed by atoms with van der Waals surface area (Å²) < 4.78 is 24.4. The lowest BCUT2D eigenvalue weighted by Gasteiger charge is -2.29. The Morgan fingerprint density at radius 3 is 2.75 bits per heavy atom. The van der Waals surface area contributed by atoms with Gasteiger partial charge in [-0.1, -0.05) is 0 Å². The number of benzene rings is 1. The lowest BCUT2D eigenvalue weighted by molar-refractivity contribution is 0.0204. The van der Waals surface area contributed by atoms with Crippen molar-refractivity contribution in [3.05, 3.63) is 23.5 Å². The van der Waals surface area contributed by atoms with E-state index in [4.69, 9.17) is 20.3 Å². The number of methoxy groups -OCH3 is 1. The van der Waals surface area contributed by atoms with E-state index in [-0.39, 0.29) is 23.5 Å². The molecule has 0 aromatic heterocycles. The smallest absolute Gasteiger partial charge is 0.341 e. The maximum absolute atomic E-state index is 13.4. The molecule has 20 heavy (non-hydrogen) atoms. The first-order chi connectivity index (χ1) is 9.52. The molecule has 110 valence electrons. The monoisotopic (exact) mass is 283 g/mol. The third-order valence-electron chi connectivity index (χ3n) is 3.57. The molecule has 0 heterocycles. The summed E-state index contributed by atoms with van der Waals surface area (Å²) in [4.78, 5) is 11.2. The highest BCUT2D eigenvalue weighted by atomic mass is 19.1. The van der Waals surface area contributed by atoms with Gasteiger partial charge >= 0.3 is 5.97 Å². The third kappa shape index (κ3) is 3.01. The number of hydrogen-bond acceptors (Lipinski definition) is 4. The Morgan fingerprint density at radius 1 is 1.40 bits per heavy atom. The second-order valence-corrected chi connectivity index (χ2v) is 4.90. The van der Waals surface area contributed by atoms with Gasteiger partial charge < -0.3 is 20.3 Å². The number of carboxylic acids is 1. The summed E-state index contributed by atoms with van der Waals surface area (Å²) in [5.41, 5.74) is 4.77. The predicted molar refractivity (Wildman–Crippen MR) is 71.5 cm³/mol.